The largest absolute Gasteiger partial charge is 0.309 e. The van der Waals surface area contributed by atoms with Gasteiger partial charge < -0.3 is 9.13 Å². The lowest BCUT2D eigenvalue weighted by molar-refractivity contribution is 0.565. The third kappa shape index (κ3) is 5.33. The maximum absolute atomic E-state index is 9.98. The van der Waals surface area contributed by atoms with Gasteiger partial charge in [0.05, 0.1) is 56.7 Å². The van der Waals surface area contributed by atoms with Crippen molar-refractivity contribution in [3.63, 3.8) is 0 Å². The summed E-state index contributed by atoms with van der Waals surface area (Å²) < 4.78 is 4.99. The van der Waals surface area contributed by atoms with Gasteiger partial charge in [-0.1, -0.05) is 139 Å². The van der Waals surface area contributed by atoms with Crippen LogP contribution in [0.3, 0.4) is 0 Å². The number of nitriles is 2. The smallest absolute Gasteiger partial charge is 0.0991 e. The Morgan fingerprint density at radius 2 is 0.661 bits per heavy atom. The molecule has 0 saturated heterocycles. The topological polar surface area (TPSA) is 57.4 Å². The number of fused-ring (bicyclic) bond motifs is 6. The molecule has 0 saturated carbocycles. The van der Waals surface area contributed by atoms with Crippen molar-refractivity contribution < 1.29 is 0 Å². The molecule has 0 N–H and O–H groups in total. The van der Waals surface area contributed by atoms with Crippen LogP contribution in [-0.2, 0) is 10.8 Å². The molecule has 0 fully saturated rings. The van der Waals surface area contributed by atoms with Crippen LogP contribution >= 0.6 is 0 Å². The van der Waals surface area contributed by atoms with Crippen molar-refractivity contribution in [1.82, 2.24) is 9.13 Å². The van der Waals surface area contributed by atoms with E-state index in [1.54, 1.807) is 0 Å². The minimum atomic E-state index is -0.373. The molecule has 2 heterocycles. The number of aromatic nitrogens is 2. The molecule has 0 amide bonds. The summed E-state index contributed by atoms with van der Waals surface area (Å²) >= 11 is 0. The van der Waals surface area contributed by atoms with Crippen molar-refractivity contribution in [1.29, 1.82) is 10.5 Å². The Labute approximate surface area is 328 Å². The molecule has 2 aromatic heterocycles. The van der Waals surface area contributed by atoms with E-state index in [4.69, 9.17) is 0 Å². The molecule has 0 unspecified atom stereocenters. The molecular formula is C52H42N4. The quantitative estimate of drug-likeness (QED) is 0.182. The first kappa shape index (κ1) is 34.9. The van der Waals surface area contributed by atoms with Gasteiger partial charge in [0.2, 0.25) is 0 Å². The number of nitrogens with zero attached hydrogens (tertiary/aromatic N) is 4. The van der Waals surface area contributed by atoms with Crippen molar-refractivity contribution >= 4 is 43.6 Å². The fourth-order valence-electron chi connectivity index (χ4n) is 8.94. The van der Waals surface area contributed by atoms with Gasteiger partial charge in [-0.2, -0.15) is 10.5 Å². The molecule has 0 atom stereocenters. The van der Waals surface area contributed by atoms with E-state index >= 15 is 0 Å². The number of rotatable bonds is 4. The second-order valence-electron chi connectivity index (χ2n) is 16.8. The highest BCUT2D eigenvalue weighted by molar-refractivity contribution is 6.13. The van der Waals surface area contributed by atoms with Gasteiger partial charge in [-0.3, -0.25) is 0 Å². The highest BCUT2D eigenvalue weighted by Gasteiger charge is 2.38. The van der Waals surface area contributed by atoms with Gasteiger partial charge >= 0.3 is 0 Å². The van der Waals surface area contributed by atoms with E-state index in [0.717, 1.165) is 55.7 Å². The molecule has 0 aliphatic heterocycles. The minimum absolute atomic E-state index is 0.373. The van der Waals surface area contributed by atoms with Gasteiger partial charge in [0, 0.05) is 32.7 Å². The van der Waals surface area contributed by atoms with Gasteiger partial charge in [0.1, 0.15) is 0 Å². The summed E-state index contributed by atoms with van der Waals surface area (Å²) in [4.78, 5) is 0. The van der Waals surface area contributed by atoms with Crippen LogP contribution < -0.4 is 0 Å². The van der Waals surface area contributed by atoms with Crippen LogP contribution in [0.1, 0.15) is 63.8 Å². The molecule has 7 aromatic carbocycles. The molecule has 0 aliphatic rings. The maximum Gasteiger partial charge on any atom is 0.0991 e. The first-order chi connectivity index (χ1) is 27.0. The molecule has 0 spiro atoms. The zero-order valence-electron chi connectivity index (χ0n) is 32.6. The summed E-state index contributed by atoms with van der Waals surface area (Å²) in [6.07, 6.45) is 0. The standard InChI is InChI=1S/C52H42N4/c1-51(2,3)47-45(35-27-23-33(31-53)24-28-35)49(55-41-19-11-7-15-37(41)38-16-8-12-20-42(38)55)46(36-29-25-34(32-54)26-30-36)48(52(4,5)6)50(47)56-43-21-13-9-17-39(43)40-18-10-14-22-44(40)56/h7-30H,1-6H3. The molecule has 0 bridgehead atoms. The average molecular weight is 723 g/mol. The Balaban J connectivity index is 1.66. The zero-order valence-corrected chi connectivity index (χ0v) is 32.6. The van der Waals surface area contributed by atoms with Gasteiger partial charge in [0.25, 0.3) is 0 Å². The van der Waals surface area contributed by atoms with Crippen LogP contribution in [0, 0.1) is 22.7 Å². The Hall–Kier alpha value is -6.88. The van der Waals surface area contributed by atoms with Crippen molar-refractivity contribution in [2.24, 2.45) is 0 Å². The molecule has 56 heavy (non-hydrogen) atoms. The molecular weight excluding hydrogens is 681 g/mol. The number of para-hydroxylation sites is 4. The van der Waals surface area contributed by atoms with E-state index < -0.39 is 0 Å². The maximum atomic E-state index is 9.98. The molecule has 4 heteroatoms. The van der Waals surface area contributed by atoms with E-state index in [9.17, 15) is 10.5 Å². The Bertz CT molecular complexity index is 2890. The Morgan fingerprint density at radius 3 is 0.946 bits per heavy atom. The van der Waals surface area contributed by atoms with Crippen LogP contribution in [-0.4, -0.2) is 9.13 Å². The summed E-state index contributed by atoms with van der Waals surface area (Å²) in [5, 5.41) is 24.7. The summed E-state index contributed by atoms with van der Waals surface area (Å²) in [5.41, 5.74) is 14.0. The second-order valence-corrected chi connectivity index (χ2v) is 16.8. The fourth-order valence-corrected chi connectivity index (χ4v) is 8.94. The monoisotopic (exact) mass is 722 g/mol. The van der Waals surface area contributed by atoms with Crippen LogP contribution in [0.25, 0.3) is 77.2 Å². The molecule has 4 nitrogen and oxygen atoms in total. The van der Waals surface area contributed by atoms with Crippen LogP contribution in [0.4, 0.5) is 0 Å². The minimum Gasteiger partial charge on any atom is -0.309 e. The molecule has 9 aromatic rings. The van der Waals surface area contributed by atoms with Gasteiger partial charge in [-0.05, 0) is 81.6 Å². The fraction of sp³-hybridized carbons (Fsp3) is 0.154. The molecule has 0 radical (unpaired) electrons. The van der Waals surface area contributed by atoms with E-state index in [2.05, 4.69) is 184 Å². The predicted molar refractivity (Wildman–Crippen MR) is 233 cm³/mol. The van der Waals surface area contributed by atoms with E-state index in [1.807, 2.05) is 24.3 Å². The zero-order chi connectivity index (χ0) is 38.9. The highest BCUT2D eigenvalue weighted by atomic mass is 15.0. The van der Waals surface area contributed by atoms with Crippen LogP contribution in [0.15, 0.2) is 146 Å². The lowest BCUT2D eigenvalue weighted by Gasteiger charge is -2.38. The molecule has 0 aliphatic carbocycles. The Morgan fingerprint density at radius 1 is 0.375 bits per heavy atom. The van der Waals surface area contributed by atoms with Gasteiger partial charge in [0.15, 0.2) is 0 Å². The van der Waals surface area contributed by atoms with E-state index in [1.165, 1.54) is 32.7 Å². The van der Waals surface area contributed by atoms with E-state index in [-0.39, 0.29) is 10.8 Å². The van der Waals surface area contributed by atoms with Crippen molar-refractivity contribution in [2.45, 2.75) is 52.4 Å². The van der Waals surface area contributed by atoms with Crippen molar-refractivity contribution in [3.05, 3.63) is 168 Å². The van der Waals surface area contributed by atoms with E-state index in [0.29, 0.717) is 11.1 Å². The molecule has 9 rings (SSSR count). The summed E-state index contributed by atoms with van der Waals surface area (Å²) in [6.45, 7) is 14.0. The van der Waals surface area contributed by atoms with Crippen molar-refractivity contribution in [2.75, 3.05) is 0 Å². The Kier molecular flexibility index (Phi) is 8.01. The highest BCUT2D eigenvalue weighted by Crippen LogP contribution is 2.54. The van der Waals surface area contributed by atoms with Crippen molar-refractivity contribution in [3.8, 4) is 45.8 Å². The summed E-state index contributed by atoms with van der Waals surface area (Å²) in [5.74, 6) is 0. The first-order valence-electron chi connectivity index (χ1n) is 19.2. The number of benzene rings is 7. The normalized spacial score (nSPS) is 12.1. The lowest BCUT2D eigenvalue weighted by atomic mass is 9.71. The third-order valence-corrected chi connectivity index (χ3v) is 11.2. The SMILES string of the molecule is CC(C)(C)c1c(-c2ccc(C#N)cc2)c(-n2c3ccccc3c3ccccc32)c(-c2ccc(C#N)cc2)c(C(C)(C)C)c1-n1c2ccccc2c2ccccc21. The van der Waals surface area contributed by atoms with Gasteiger partial charge in [-0.15, -0.1) is 0 Å². The average Bonchev–Trinajstić information content (AvgIpc) is 3.72. The van der Waals surface area contributed by atoms with Crippen LogP contribution in [0.5, 0.6) is 0 Å². The van der Waals surface area contributed by atoms with Crippen LogP contribution in [0.2, 0.25) is 0 Å². The third-order valence-electron chi connectivity index (χ3n) is 11.2. The second kappa shape index (κ2) is 12.9. The predicted octanol–water partition coefficient (Wildman–Crippen LogP) is 13.6. The molecule has 270 valence electrons. The summed E-state index contributed by atoms with van der Waals surface area (Å²) in [6, 6.07) is 55.9. The summed E-state index contributed by atoms with van der Waals surface area (Å²) in [7, 11) is 0. The van der Waals surface area contributed by atoms with Gasteiger partial charge in [-0.25, -0.2) is 0 Å². The lowest BCUT2D eigenvalue weighted by Crippen LogP contribution is -2.26. The first-order valence-corrected chi connectivity index (χ1v) is 19.2. The number of hydrogen-bond acceptors (Lipinski definition) is 2. The number of hydrogen-bond donors (Lipinski definition) is 0.